The lowest BCUT2D eigenvalue weighted by Crippen LogP contribution is -2.32. The maximum atomic E-state index is 13.7. The fourth-order valence-corrected chi connectivity index (χ4v) is 7.76. The van der Waals surface area contributed by atoms with E-state index >= 15 is 0 Å². The van der Waals surface area contributed by atoms with Crippen molar-refractivity contribution in [2.24, 2.45) is 5.92 Å². The first-order chi connectivity index (χ1) is 18.3. The van der Waals surface area contributed by atoms with Crippen LogP contribution in [-0.2, 0) is 20.9 Å². The van der Waals surface area contributed by atoms with Crippen molar-refractivity contribution >= 4 is 75.4 Å². The third-order valence-corrected chi connectivity index (χ3v) is 9.52. The van der Waals surface area contributed by atoms with E-state index in [4.69, 9.17) is 27.6 Å². The molecule has 2 aliphatic heterocycles. The highest BCUT2D eigenvalue weighted by molar-refractivity contribution is 8.00. The molecule has 3 atom stereocenters. The normalized spacial score (nSPS) is 20.4. The van der Waals surface area contributed by atoms with Crippen LogP contribution in [0.15, 0.2) is 81.2 Å². The van der Waals surface area contributed by atoms with Crippen molar-refractivity contribution < 1.29 is 18.8 Å². The van der Waals surface area contributed by atoms with Crippen molar-refractivity contribution in [2.45, 2.75) is 22.7 Å². The molecule has 1 N–H and O–H groups in total. The predicted molar refractivity (Wildman–Crippen MR) is 146 cm³/mol. The molecule has 192 valence electrons. The second-order valence-corrected chi connectivity index (χ2v) is 11.7. The zero-order valence-corrected chi connectivity index (χ0v) is 22.4. The summed E-state index contributed by atoms with van der Waals surface area (Å²) < 4.78 is 7.05. The van der Waals surface area contributed by atoms with Crippen molar-refractivity contribution in [1.29, 1.82) is 0 Å². The van der Waals surface area contributed by atoms with Crippen LogP contribution in [0.25, 0.3) is 0 Å². The SMILES string of the molecule is O=C(Cn1c2c(sc1=O)[C@@H](c1ccco1)[C@@H]1C(=O)N(c3ccc(Cl)cc3)C(=O)[C@@H]1S2)Nc1ccc(Cl)cc1. The van der Waals surface area contributed by atoms with Crippen molar-refractivity contribution in [3.8, 4) is 0 Å². The number of hydrogen-bond acceptors (Lipinski definition) is 7. The van der Waals surface area contributed by atoms with E-state index in [1.807, 2.05) is 0 Å². The van der Waals surface area contributed by atoms with Crippen LogP contribution in [0, 0.1) is 5.92 Å². The average molecular weight is 586 g/mol. The van der Waals surface area contributed by atoms with Crippen LogP contribution >= 0.6 is 46.3 Å². The number of carbonyl (C=O) groups excluding carboxylic acids is 3. The zero-order chi connectivity index (χ0) is 26.6. The van der Waals surface area contributed by atoms with Gasteiger partial charge in [0.15, 0.2) is 0 Å². The molecule has 2 aromatic carbocycles. The number of anilines is 2. The zero-order valence-electron chi connectivity index (χ0n) is 19.3. The highest BCUT2D eigenvalue weighted by Gasteiger charge is 2.57. The minimum absolute atomic E-state index is 0.258. The highest BCUT2D eigenvalue weighted by Crippen LogP contribution is 2.53. The van der Waals surface area contributed by atoms with E-state index in [1.165, 1.54) is 15.7 Å². The molecule has 6 rings (SSSR count). The van der Waals surface area contributed by atoms with Gasteiger partial charge in [-0.25, -0.2) is 4.90 Å². The van der Waals surface area contributed by atoms with Gasteiger partial charge in [-0.2, -0.15) is 0 Å². The van der Waals surface area contributed by atoms with Crippen LogP contribution < -0.4 is 15.1 Å². The van der Waals surface area contributed by atoms with E-state index in [9.17, 15) is 19.2 Å². The molecule has 2 aliphatic rings. The van der Waals surface area contributed by atoms with Gasteiger partial charge in [0.05, 0.1) is 33.7 Å². The Morgan fingerprint density at radius 2 is 1.63 bits per heavy atom. The molecule has 0 spiro atoms. The number of thiazole rings is 1. The molecular weight excluding hydrogens is 569 g/mol. The Labute approximate surface area is 234 Å². The molecule has 4 aromatic rings. The number of carbonyl (C=O) groups is 3. The van der Waals surface area contributed by atoms with Gasteiger partial charge < -0.3 is 9.73 Å². The number of thioether (sulfide) groups is 1. The molecule has 0 aliphatic carbocycles. The fourth-order valence-electron chi connectivity index (χ4n) is 4.75. The molecule has 4 heterocycles. The molecule has 3 amide bonds. The van der Waals surface area contributed by atoms with Gasteiger partial charge in [0.25, 0.3) is 0 Å². The number of nitrogens with one attached hydrogen (secondary N) is 1. The molecular formula is C26H17Cl2N3O5S2. The Hall–Kier alpha value is -3.31. The Balaban J connectivity index is 1.38. The Morgan fingerprint density at radius 3 is 2.29 bits per heavy atom. The topological polar surface area (TPSA) is 102 Å². The third-order valence-electron chi connectivity index (χ3n) is 6.41. The summed E-state index contributed by atoms with van der Waals surface area (Å²) in [6, 6.07) is 16.5. The number of hydrogen-bond donors (Lipinski definition) is 1. The minimum Gasteiger partial charge on any atom is -0.469 e. The van der Waals surface area contributed by atoms with Crippen LogP contribution in [-0.4, -0.2) is 27.5 Å². The summed E-state index contributed by atoms with van der Waals surface area (Å²) in [5.74, 6) is -2.15. The van der Waals surface area contributed by atoms with Crippen molar-refractivity contribution in [2.75, 3.05) is 10.2 Å². The largest absolute Gasteiger partial charge is 0.469 e. The second kappa shape index (κ2) is 9.77. The molecule has 0 unspecified atom stereocenters. The summed E-state index contributed by atoms with van der Waals surface area (Å²) in [6.45, 7) is -0.258. The summed E-state index contributed by atoms with van der Waals surface area (Å²) in [7, 11) is 0. The van der Waals surface area contributed by atoms with Gasteiger partial charge in [-0.3, -0.25) is 23.7 Å². The van der Waals surface area contributed by atoms with Crippen molar-refractivity contribution in [3.63, 3.8) is 0 Å². The van der Waals surface area contributed by atoms with Crippen LogP contribution in [0.3, 0.4) is 0 Å². The van der Waals surface area contributed by atoms with E-state index < -0.39 is 28.9 Å². The predicted octanol–water partition coefficient (Wildman–Crippen LogP) is 5.24. The van der Waals surface area contributed by atoms with Crippen LogP contribution in [0.4, 0.5) is 11.4 Å². The number of fused-ring (bicyclic) bond motifs is 2. The van der Waals surface area contributed by atoms with Gasteiger partial charge >= 0.3 is 4.87 Å². The van der Waals surface area contributed by atoms with E-state index in [0.717, 1.165) is 23.1 Å². The van der Waals surface area contributed by atoms with E-state index in [0.29, 0.717) is 37.1 Å². The van der Waals surface area contributed by atoms with Gasteiger partial charge in [-0.15, -0.1) is 0 Å². The standard InChI is InChI=1S/C26H17Cl2N3O5S2/c27-13-3-7-15(8-4-13)29-18(32)12-30-25-22(38-26(30)35)19(17-2-1-11-36-17)20-21(37-25)24(34)31(23(20)33)16-9-5-14(28)6-10-16/h1-11,19-21H,12H2,(H,29,32)/t19-,20-,21+/m0/s1. The van der Waals surface area contributed by atoms with E-state index in [1.54, 1.807) is 60.7 Å². The van der Waals surface area contributed by atoms with E-state index in [2.05, 4.69) is 5.32 Å². The Morgan fingerprint density at radius 1 is 0.947 bits per heavy atom. The second-order valence-electron chi connectivity index (χ2n) is 8.72. The van der Waals surface area contributed by atoms with Crippen LogP contribution in [0.5, 0.6) is 0 Å². The average Bonchev–Trinajstić information content (AvgIpc) is 3.59. The molecule has 0 saturated carbocycles. The number of amides is 3. The van der Waals surface area contributed by atoms with Gasteiger partial charge in [0.2, 0.25) is 17.7 Å². The Bertz CT molecular complexity index is 1610. The number of nitrogens with zero attached hydrogens (tertiary/aromatic N) is 2. The molecule has 0 bridgehead atoms. The van der Waals surface area contributed by atoms with Crippen LogP contribution in [0.2, 0.25) is 10.0 Å². The third kappa shape index (κ3) is 4.27. The van der Waals surface area contributed by atoms with Gasteiger partial charge in [0, 0.05) is 15.7 Å². The van der Waals surface area contributed by atoms with E-state index in [-0.39, 0.29) is 17.3 Å². The fraction of sp³-hybridized carbons (Fsp3) is 0.154. The summed E-state index contributed by atoms with van der Waals surface area (Å²) in [5.41, 5.74) is 0.952. The van der Waals surface area contributed by atoms with Crippen LogP contribution in [0.1, 0.15) is 16.6 Å². The summed E-state index contributed by atoms with van der Waals surface area (Å²) in [5, 5.41) is 3.44. The number of halogens is 2. The van der Waals surface area contributed by atoms with Gasteiger partial charge in [0.1, 0.15) is 17.6 Å². The number of aromatic nitrogens is 1. The summed E-state index contributed by atoms with van der Waals surface area (Å²) in [6.07, 6.45) is 1.49. The lowest BCUT2D eigenvalue weighted by atomic mass is 9.87. The number of furan rings is 1. The number of rotatable bonds is 5. The Kier molecular flexibility index (Phi) is 6.43. The molecule has 2 aromatic heterocycles. The first-order valence-electron chi connectivity index (χ1n) is 11.4. The molecule has 38 heavy (non-hydrogen) atoms. The van der Waals surface area contributed by atoms with Gasteiger partial charge in [-0.05, 0) is 60.7 Å². The summed E-state index contributed by atoms with van der Waals surface area (Å²) in [4.78, 5) is 54.7. The minimum atomic E-state index is -0.805. The molecule has 1 saturated heterocycles. The van der Waals surface area contributed by atoms with Gasteiger partial charge in [-0.1, -0.05) is 46.3 Å². The molecule has 1 fully saturated rings. The maximum absolute atomic E-state index is 13.7. The molecule has 12 heteroatoms. The lowest BCUT2D eigenvalue weighted by molar-refractivity contribution is -0.122. The quantitative estimate of drug-likeness (QED) is 0.321. The number of benzene rings is 2. The molecule has 8 nitrogen and oxygen atoms in total. The summed E-state index contributed by atoms with van der Waals surface area (Å²) >= 11 is 14.0. The number of imide groups is 1. The first kappa shape index (κ1) is 25.0. The smallest absolute Gasteiger partial charge is 0.308 e. The first-order valence-corrected chi connectivity index (χ1v) is 13.9. The maximum Gasteiger partial charge on any atom is 0.308 e. The van der Waals surface area contributed by atoms with Crippen molar-refractivity contribution in [3.05, 3.63) is 97.3 Å². The highest BCUT2D eigenvalue weighted by atomic mass is 35.5. The monoisotopic (exact) mass is 585 g/mol. The molecule has 0 radical (unpaired) electrons. The van der Waals surface area contributed by atoms with Crippen molar-refractivity contribution in [1.82, 2.24) is 4.57 Å². The lowest BCUT2D eigenvalue weighted by Gasteiger charge is -2.29.